The fourth-order valence-electron chi connectivity index (χ4n) is 3.11. The fourth-order valence-corrected chi connectivity index (χ4v) is 3.11. The molecule has 5 nitrogen and oxygen atoms in total. The zero-order valence-electron chi connectivity index (χ0n) is 23.0. The molecule has 0 spiro atoms. The number of fused-ring (bicyclic) bond motifs is 1. The van der Waals surface area contributed by atoms with Crippen LogP contribution in [0.15, 0.2) is 66.7 Å². The van der Waals surface area contributed by atoms with Gasteiger partial charge in [0.1, 0.15) is 11.3 Å². The monoisotopic (exact) mass is 394 g/mol. The number of ether oxygens (including phenoxy) is 1. The molecular weight excluding hydrogens is 362 g/mol. The molecule has 0 saturated heterocycles. The first-order chi connectivity index (χ1) is 16.6. The molecule has 0 amide bonds. The number of aromatic nitrogens is 3. The summed E-state index contributed by atoms with van der Waals surface area (Å²) in [6.45, 7) is -2.70. The van der Waals surface area contributed by atoms with Gasteiger partial charge in [-0.15, -0.1) is 5.10 Å². The summed E-state index contributed by atoms with van der Waals surface area (Å²) in [5.74, 6) is 0.241. The molecule has 1 aromatic heterocycles. The largest absolute Gasteiger partial charge is 0.491 e. The molecule has 1 N–H and O–H groups in total. The Kier molecular flexibility index (Phi) is 3.14. The van der Waals surface area contributed by atoms with Crippen LogP contribution < -0.4 is 4.74 Å². The highest BCUT2D eigenvalue weighted by atomic mass is 16.5. The zero-order valence-corrected chi connectivity index (χ0v) is 16.0. The molecule has 0 radical (unpaired) electrons. The molecule has 0 aliphatic rings. The quantitative estimate of drug-likeness (QED) is 0.511. The first-order valence-corrected chi connectivity index (χ1v) is 9.08. The fraction of sp³-hybridized carbons (Fsp3) is 0.250. The molecule has 0 aliphatic heterocycles. The summed E-state index contributed by atoms with van der Waals surface area (Å²) >= 11 is 0. The van der Waals surface area contributed by atoms with Crippen molar-refractivity contribution >= 4 is 11.0 Å². The van der Waals surface area contributed by atoms with Gasteiger partial charge in [0.15, 0.2) is 0 Å². The Balaban J connectivity index is 1.63. The third kappa shape index (κ3) is 4.00. The average Bonchev–Trinajstić information content (AvgIpc) is 3.21. The SMILES string of the molecule is [2H]C([2H])([2H])C([2H])(C)Oc1ccc(-n2nnc3ccc(-c4ccc(C(C)(O)C([2H])([2H])[2H])cc4)cc32)cc1. The van der Waals surface area contributed by atoms with Crippen LogP contribution in [0.3, 0.4) is 0 Å². The lowest BCUT2D eigenvalue weighted by Gasteiger charge is -2.18. The van der Waals surface area contributed by atoms with Gasteiger partial charge in [0.05, 0.1) is 24.3 Å². The standard InChI is InChI=1S/C24H25N3O2/c1-16(2)29-21-12-10-20(11-13-21)27-23-15-18(7-14-22(23)25-26-27)17-5-8-19(9-6-17)24(3,4)28/h5-16,28H,1-4H3/i1D3,3D3,16D. The van der Waals surface area contributed by atoms with E-state index >= 15 is 0 Å². The lowest BCUT2D eigenvalue weighted by atomic mass is 9.95. The van der Waals surface area contributed by atoms with Crippen LogP contribution in [0.1, 0.15) is 42.7 Å². The summed E-state index contributed by atoms with van der Waals surface area (Å²) in [4.78, 5) is 0. The van der Waals surface area contributed by atoms with E-state index in [4.69, 9.17) is 14.3 Å². The van der Waals surface area contributed by atoms with Gasteiger partial charge < -0.3 is 9.84 Å². The number of nitrogens with zero attached hydrogens (tertiary/aromatic N) is 3. The smallest absolute Gasteiger partial charge is 0.119 e. The summed E-state index contributed by atoms with van der Waals surface area (Å²) in [6, 6.07) is 18.8. The van der Waals surface area contributed by atoms with Crippen LogP contribution in [-0.4, -0.2) is 26.2 Å². The van der Waals surface area contributed by atoms with Crippen LogP contribution in [0.25, 0.3) is 27.8 Å². The number of benzene rings is 3. The van der Waals surface area contributed by atoms with Gasteiger partial charge in [-0.25, -0.2) is 4.68 Å². The highest BCUT2D eigenvalue weighted by Crippen LogP contribution is 2.28. The van der Waals surface area contributed by atoms with Crippen molar-refractivity contribution in [2.45, 2.75) is 39.2 Å². The van der Waals surface area contributed by atoms with Crippen LogP contribution in [-0.2, 0) is 5.60 Å². The lowest BCUT2D eigenvalue weighted by Crippen LogP contribution is -2.14. The van der Waals surface area contributed by atoms with Gasteiger partial charge in [0.25, 0.3) is 0 Å². The average molecular weight is 395 g/mol. The minimum absolute atomic E-state index is 0.241. The van der Waals surface area contributed by atoms with E-state index < -0.39 is 25.4 Å². The normalized spacial score (nSPS) is 20.0. The van der Waals surface area contributed by atoms with E-state index in [1.54, 1.807) is 53.2 Å². The van der Waals surface area contributed by atoms with Gasteiger partial charge in [-0.2, -0.15) is 0 Å². The summed E-state index contributed by atoms with van der Waals surface area (Å²) in [7, 11) is 0. The number of hydrogen-bond acceptors (Lipinski definition) is 4. The number of hydrogen-bond donors (Lipinski definition) is 1. The van der Waals surface area contributed by atoms with Crippen molar-refractivity contribution in [1.82, 2.24) is 15.0 Å². The van der Waals surface area contributed by atoms with E-state index in [0.717, 1.165) is 11.1 Å². The molecule has 4 rings (SSSR count). The van der Waals surface area contributed by atoms with Crippen molar-refractivity contribution in [1.29, 1.82) is 0 Å². The molecule has 4 aromatic rings. The van der Waals surface area contributed by atoms with E-state index in [0.29, 0.717) is 22.3 Å². The molecule has 29 heavy (non-hydrogen) atoms. The van der Waals surface area contributed by atoms with E-state index in [9.17, 15) is 5.11 Å². The van der Waals surface area contributed by atoms with Crippen LogP contribution >= 0.6 is 0 Å². The highest BCUT2D eigenvalue weighted by Gasteiger charge is 2.15. The van der Waals surface area contributed by atoms with E-state index in [2.05, 4.69) is 10.3 Å². The highest BCUT2D eigenvalue weighted by molar-refractivity contribution is 5.82. The van der Waals surface area contributed by atoms with Gasteiger partial charge in [-0.3, -0.25) is 0 Å². The first kappa shape index (κ1) is 12.4. The Bertz CT molecular complexity index is 1370. The van der Waals surface area contributed by atoms with Crippen molar-refractivity contribution in [2.24, 2.45) is 0 Å². The molecule has 0 aliphatic carbocycles. The predicted molar refractivity (Wildman–Crippen MR) is 115 cm³/mol. The van der Waals surface area contributed by atoms with E-state index in [1.165, 1.54) is 13.8 Å². The summed E-state index contributed by atoms with van der Waals surface area (Å²) in [5.41, 5.74) is 2.02. The second-order valence-corrected chi connectivity index (χ2v) is 7.01. The van der Waals surface area contributed by atoms with Crippen molar-refractivity contribution < 1.29 is 19.4 Å². The van der Waals surface area contributed by atoms with Crippen molar-refractivity contribution in [3.63, 3.8) is 0 Å². The van der Waals surface area contributed by atoms with Crippen LogP contribution in [0.2, 0.25) is 0 Å². The van der Waals surface area contributed by atoms with Gasteiger partial charge in [-0.05, 0) is 80.6 Å². The van der Waals surface area contributed by atoms with E-state index in [1.807, 2.05) is 18.2 Å². The van der Waals surface area contributed by atoms with Gasteiger partial charge in [0.2, 0.25) is 0 Å². The maximum Gasteiger partial charge on any atom is 0.119 e. The molecule has 2 atom stereocenters. The molecule has 0 fully saturated rings. The predicted octanol–water partition coefficient (Wildman–Crippen LogP) is 5.10. The summed E-state index contributed by atoms with van der Waals surface area (Å²) in [6.07, 6.45) is -2.09. The minimum atomic E-state index is -2.61. The Hall–Kier alpha value is -3.18. The van der Waals surface area contributed by atoms with Crippen LogP contribution in [0, 0.1) is 0 Å². The van der Waals surface area contributed by atoms with Gasteiger partial charge in [0, 0.05) is 8.22 Å². The van der Waals surface area contributed by atoms with Crippen molar-refractivity contribution in [3.8, 4) is 22.6 Å². The zero-order chi connectivity index (χ0) is 26.5. The molecular formula is C24H25N3O2. The first-order valence-electron chi connectivity index (χ1n) is 12.6. The van der Waals surface area contributed by atoms with Crippen LogP contribution in [0.5, 0.6) is 5.75 Å². The van der Waals surface area contributed by atoms with Crippen molar-refractivity contribution in [3.05, 3.63) is 72.3 Å². The summed E-state index contributed by atoms with van der Waals surface area (Å²) in [5, 5.41) is 18.9. The molecule has 0 bridgehead atoms. The minimum Gasteiger partial charge on any atom is -0.491 e. The summed E-state index contributed by atoms with van der Waals surface area (Å²) < 4.78 is 60.0. The second-order valence-electron chi connectivity index (χ2n) is 7.01. The second kappa shape index (κ2) is 7.33. The molecule has 3 aromatic carbocycles. The van der Waals surface area contributed by atoms with Gasteiger partial charge >= 0.3 is 0 Å². The Morgan fingerprint density at radius 1 is 1.07 bits per heavy atom. The molecule has 148 valence electrons. The molecule has 0 saturated carbocycles. The lowest BCUT2D eigenvalue weighted by molar-refractivity contribution is 0.0786. The topological polar surface area (TPSA) is 60.2 Å². The number of rotatable bonds is 5. The molecule has 1 heterocycles. The third-order valence-corrected chi connectivity index (χ3v) is 4.58. The Morgan fingerprint density at radius 3 is 2.48 bits per heavy atom. The van der Waals surface area contributed by atoms with Crippen molar-refractivity contribution in [2.75, 3.05) is 0 Å². The Morgan fingerprint density at radius 2 is 1.79 bits per heavy atom. The van der Waals surface area contributed by atoms with Gasteiger partial charge in [-0.1, -0.05) is 35.5 Å². The maximum absolute atomic E-state index is 10.5. The van der Waals surface area contributed by atoms with E-state index in [-0.39, 0.29) is 5.75 Å². The number of aliphatic hydroxyl groups is 1. The molecule has 2 unspecified atom stereocenters. The molecule has 5 heteroatoms. The third-order valence-electron chi connectivity index (χ3n) is 4.58. The maximum atomic E-state index is 10.5. The van der Waals surface area contributed by atoms with Crippen LogP contribution in [0.4, 0.5) is 0 Å². The Labute approximate surface area is 180 Å².